The van der Waals surface area contributed by atoms with E-state index in [4.69, 9.17) is 13.6 Å². The number of rotatable bonds is 1. The minimum Gasteiger partial charge on any atom is -0.493 e. The van der Waals surface area contributed by atoms with Crippen LogP contribution in [0.1, 0.15) is 35.9 Å². The summed E-state index contributed by atoms with van der Waals surface area (Å²) in [6, 6.07) is 3.31. The van der Waals surface area contributed by atoms with Gasteiger partial charge in [0.15, 0.2) is 23.4 Å². The van der Waals surface area contributed by atoms with Crippen LogP contribution in [0, 0.1) is 5.89 Å². The van der Waals surface area contributed by atoms with Crippen molar-refractivity contribution in [3.05, 3.63) is 23.3 Å². The molecule has 2 bridgehead atoms. The Morgan fingerprint density at radius 3 is 3.27 bits per heavy atom. The van der Waals surface area contributed by atoms with Gasteiger partial charge in [0, 0.05) is 28.9 Å². The van der Waals surface area contributed by atoms with Crippen molar-refractivity contribution >= 4 is 5.78 Å². The van der Waals surface area contributed by atoms with Crippen molar-refractivity contribution in [2.24, 2.45) is 5.89 Å². The van der Waals surface area contributed by atoms with Crippen molar-refractivity contribution in [3.63, 3.8) is 0 Å². The molecule has 2 aliphatic heterocycles. The lowest BCUT2D eigenvalue weighted by Gasteiger charge is -2.57. The lowest BCUT2D eigenvalue weighted by Crippen LogP contribution is -2.65. The van der Waals surface area contributed by atoms with Crippen molar-refractivity contribution in [2.75, 3.05) is 20.6 Å². The van der Waals surface area contributed by atoms with Gasteiger partial charge in [-0.25, -0.2) is 0 Å². The number of carbonyl (C=O) groups excluding carboxylic acids is 1. The average molecular weight is 303 g/mol. The molecule has 1 unspecified atom stereocenters. The summed E-state index contributed by atoms with van der Waals surface area (Å²) in [7, 11) is 1.57. The van der Waals surface area contributed by atoms with Crippen LogP contribution in [0.5, 0.6) is 11.5 Å². The Hall–Kier alpha value is -1.55. The number of carbonyl (C=O) groups is 1. The molecule has 4 heteroatoms. The third-order valence-corrected chi connectivity index (χ3v) is 6.00. The van der Waals surface area contributed by atoms with E-state index in [-0.39, 0.29) is 12.2 Å². The van der Waals surface area contributed by atoms with Crippen molar-refractivity contribution in [1.82, 2.24) is 4.90 Å². The molecule has 2 fully saturated rings. The highest BCUT2D eigenvalue weighted by Crippen LogP contribution is 2.62. The van der Waals surface area contributed by atoms with Crippen LogP contribution in [0.2, 0.25) is 0 Å². The molecule has 22 heavy (non-hydrogen) atoms. The van der Waals surface area contributed by atoms with Crippen molar-refractivity contribution in [3.8, 4) is 11.5 Å². The second-order valence-corrected chi connectivity index (χ2v) is 6.76. The summed E-state index contributed by atoms with van der Waals surface area (Å²) < 4.78 is 44.9. The van der Waals surface area contributed by atoms with Gasteiger partial charge in [-0.2, -0.15) is 0 Å². The molecule has 0 aromatic heterocycles. The van der Waals surface area contributed by atoms with E-state index < -0.39 is 30.4 Å². The Balaban J connectivity index is 1.80. The number of Topliss-reactive ketones (excluding diaryl/α,β-unsaturated/α-hetero) is 1. The zero-order valence-electron chi connectivity index (χ0n) is 16.5. The Bertz CT molecular complexity index is 825. The van der Waals surface area contributed by atoms with Crippen LogP contribution in [-0.4, -0.2) is 43.5 Å². The van der Waals surface area contributed by atoms with E-state index in [1.807, 2.05) is 12.1 Å². The highest BCUT2D eigenvalue weighted by Gasteiger charge is 2.65. The minimum atomic E-state index is -2.25. The fourth-order valence-electron chi connectivity index (χ4n) is 5.14. The molecule has 4 aliphatic rings. The summed E-state index contributed by atoms with van der Waals surface area (Å²) in [5.41, 5.74) is 1.14. The molecule has 0 N–H and O–H groups in total. The molecule has 4 atom stereocenters. The quantitative estimate of drug-likeness (QED) is 0.795. The van der Waals surface area contributed by atoms with Crippen LogP contribution in [0.15, 0.2) is 12.1 Å². The molecule has 1 aromatic carbocycles. The summed E-state index contributed by atoms with van der Waals surface area (Å²) >= 11 is 0. The maximum Gasteiger partial charge on any atom is 0.174 e. The van der Waals surface area contributed by atoms with Gasteiger partial charge in [-0.3, -0.25) is 4.79 Å². The molecule has 0 radical (unpaired) electrons. The van der Waals surface area contributed by atoms with Gasteiger partial charge in [-0.15, -0.1) is 0 Å². The number of likely N-dealkylation sites (N-methyl/N-ethyl adjacent to an activating group) is 1. The molecule has 1 spiro atoms. The van der Waals surface area contributed by atoms with Gasteiger partial charge in [0.25, 0.3) is 0 Å². The number of likely N-dealkylation sites (tertiary alicyclic amines) is 1. The molecule has 2 aliphatic carbocycles. The Morgan fingerprint density at radius 2 is 2.45 bits per heavy atom. The number of hydrogen-bond donors (Lipinski definition) is 0. The van der Waals surface area contributed by atoms with Gasteiger partial charge in [0.2, 0.25) is 0 Å². The first-order valence-electron chi connectivity index (χ1n) is 9.90. The van der Waals surface area contributed by atoms with Crippen LogP contribution in [-0.2, 0) is 16.6 Å². The normalized spacial score (nSPS) is 45.0. The Labute approximate surface area is 136 Å². The van der Waals surface area contributed by atoms with E-state index in [0.29, 0.717) is 37.3 Å². The minimum absolute atomic E-state index is 0.0139. The number of benzene rings is 1. The smallest absolute Gasteiger partial charge is 0.174 e. The second kappa shape index (κ2) is 4.05. The van der Waals surface area contributed by atoms with Gasteiger partial charge < -0.3 is 14.4 Å². The molecule has 0 amide bonds. The molecule has 1 saturated heterocycles. The number of ether oxygens (including phenoxy) is 2. The summed E-state index contributed by atoms with van der Waals surface area (Å²) in [5.74, 6) is 0.130. The van der Waals surface area contributed by atoms with Gasteiger partial charge in [0.1, 0.15) is 0 Å². The monoisotopic (exact) mass is 303 g/mol. The number of hydrogen-bond acceptors (Lipinski definition) is 4. The molecular weight excluding hydrogens is 278 g/mol. The summed E-state index contributed by atoms with van der Waals surface area (Å²) in [6.07, 6.45) is 0.849. The van der Waals surface area contributed by atoms with E-state index in [1.54, 1.807) is 7.11 Å². The number of nitrogens with zero attached hydrogens (tertiary/aromatic N) is 1. The molecule has 2 heterocycles. The van der Waals surface area contributed by atoms with Gasteiger partial charge >= 0.3 is 0 Å². The molecule has 5 rings (SSSR count). The standard InChI is InChI=1S/C18H21NO3/c1-19-8-7-18-11-4-5-13(20)17(18)22-16-14(21-2)6-3-10(15(16)18)9-12(11)19/h3,6,11-12,17H,4-5,7-9H2,1-2H3/t11-,12+,17?,18-/m0/s1/i1D3,11D. The Kier molecular flexibility index (Phi) is 1.76. The van der Waals surface area contributed by atoms with Crippen LogP contribution >= 0.6 is 0 Å². The second-order valence-electron chi connectivity index (χ2n) is 6.76. The molecular formula is C18H21NO3. The maximum absolute atomic E-state index is 12.8. The van der Waals surface area contributed by atoms with E-state index in [1.165, 1.54) is 4.90 Å². The van der Waals surface area contributed by atoms with Crippen LogP contribution in [0.3, 0.4) is 0 Å². The van der Waals surface area contributed by atoms with E-state index in [2.05, 4.69) is 0 Å². The first-order chi connectivity index (χ1) is 12.2. The van der Waals surface area contributed by atoms with Gasteiger partial charge in [-0.1, -0.05) is 6.07 Å². The highest BCUT2D eigenvalue weighted by atomic mass is 16.5. The first-order valence-corrected chi connectivity index (χ1v) is 7.90. The van der Waals surface area contributed by atoms with Crippen LogP contribution < -0.4 is 9.47 Å². The predicted molar refractivity (Wildman–Crippen MR) is 81.6 cm³/mol. The summed E-state index contributed by atoms with van der Waals surface area (Å²) in [6.45, 7) is -1.91. The zero-order valence-corrected chi connectivity index (χ0v) is 12.5. The summed E-state index contributed by atoms with van der Waals surface area (Å²) in [4.78, 5) is 14.3. The predicted octanol–water partition coefficient (Wildman–Crippen LogP) is 1.93. The zero-order chi connectivity index (χ0) is 18.5. The number of methoxy groups -OCH3 is 1. The third-order valence-electron chi connectivity index (χ3n) is 6.00. The van der Waals surface area contributed by atoms with E-state index in [9.17, 15) is 6.17 Å². The molecule has 1 saturated carbocycles. The van der Waals surface area contributed by atoms with Gasteiger partial charge in [0.05, 0.1) is 7.11 Å². The molecule has 4 nitrogen and oxygen atoms in total. The van der Waals surface area contributed by atoms with Crippen LogP contribution in [0.25, 0.3) is 0 Å². The van der Waals surface area contributed by atoms with Crippen LogP contribution in [0.4, 0.5) is 0 Å². The Morgan fingerprint density at radius 1 is 1.55 bits per heavy atom. The molecule has 116 valence electrons. The maximum atomic E-state index is 12.8. The number of ketones is 1. The first kappa shape index (κ1) is 9.56. The lowest BCUT2D eigenvalue weighted by atomic mass is 9.52. The van der Waals surface area contributed by atoms with E-state index >= 15 is 0 Å². The van der Waals surface area contributed by atoms with Gasteiger partial charge in [-0.05, 0) is 50.3 Å². The van der Waals surface area contributed by atoms with Crippen molar-refractivity contribution in [2.45, 2.75) is 43.2 Å². The fraction of sp³-hybridized carbons (Fsp3) is 0.611. The SMILES string of the molecule is [2H]C([2H])([2H])N1CC[C@]23c4c5ccc(OC)c4OC2C(=O)CC[C@@]3([2H])[C@H]1C5. The largest absolute Gasteiger partial charge is 0.493 e. The summed E-state index contributed by atoms with van der Waals surface area (Å²) in [5, 5.41) is 0. The third kappa shape index (κ3) is 1.27. The highest BCUT2D eigenvalue weighted by molar-refractivity contribution is 5.89. The van der Waals surface area contributed by atoms with Crippen molar-refractivity contribution < 1.29 is 19.8 Å². The topological polar surface area (TPSA) is 38.8 Å². The average Bonchev–Trinajstić information content (AvgIpc) is 2.92. The van der Waals surface area contributed by atoms with E-state index in [0.717, 1.165) is 11.1 Å². The lowest BCUT2D eigenvalue weighted by molar-refractivity contribution is -0.138. The fourth-order valence-corrected chi connectivity index (χ4v) is 5.14. The molecule has 1 aromatic rings. The number of piperidine rings is 1. The van der Waals surface area contributed by atoms with Crippen molar-refractivity contribution in [1.29, 1.82) is 0 Å².